The Bertz CT molecular complexity index is 323. The van der Waals surface area contributed by atoms with Crippen LogP contribution in [-0.4, -0.2) is 23.7 Å². The van der Waals surface area contributed by atoms with E-state index in [-0.39, 0.29) is 11.9 Å². The minimum atomic E-state index is -0.163. The predicted molar refractivity (Wildman–Crippen MR) is 56.6 cm³/mol. The molecule has 1 atom stereocenters. The molecule has 0 bridgehead atoms. The molecule has 0 saturated carbocycles. The van der Waals surface area contributed by atoms with Crippen LogP contribution in [0.5, 0.6) is 0 Å². The standard InChI is InChI=1S/C10H17N3O2/c1-4-8(5-11)12-10(14)9-6(2)13-15-7(9)3/h8H,4-5,11H2,1-3H3,(H,12,14). The maximum absolute atomic E-state index is 11.8. The van der Waals surface area contributed by atoms with Crippen LogP contribution in [0.2, 0.25) is 0 Å². The lowest BCUT2D eigenvalue weighted by atomic mass is 10.1. The van der Waals surface area contributed by atoms with Crippen molar-refractivity contribution >= 4 is 5.91 Å². The molecule has 84 valence electrons. The second-order valence-electron chi connectivity index (χ2n) is 3.51. The zero-order chi connectivity index (χ0) is 11.4. The number of aryl methyl sites for hydroxylation is 2. The van der Waals surface area contributed by atoms with Gasteiger partial charge in [-0.1, -0.05) is 12.1 Å². The fraction of sp³-hybridized carbons (Fsp3) is 0.600. The van der Waals surface area contributed by atoms with E-state index < -0.39 is 0 Å². The van der Waals surface area contributed by atoms with Gasteiger partial charge in [0, 0.05) is 12.6 Å². The number of carbonyl (C=O) groups excluding carboxylic acids is 1. The third-order valence-electron chi connectivity index (χ3n) is 2.37. The molecule has 1 aromatic rings. The maximum Gasteiger partial charge on any atom is 0.257 e. The summed E-state index contributed by atoms with van der Waals surface area (Å²) in [5.41, 5.74) is 6.63. The molecule has 0 aliphatic carbocycles. The molecule has 0 radical (unpaired) electrons. The van der Waals surface area contributed by atoms with Crippen molar-refractivity contribution in [3.05, 3.63) is 17.0 Å². The largest absolute Gasteiger partial charge is 0.361 e. The van der Waals surface area contributed by atoms with Crippen LogP contribution < -0.4 is 11.1 Å². The first-order valence-corrected chi connectivity index (χ1v) is 5.03. The lowest BCUT2D eigenvalue weighted by molar-refractivity contribution is 0.0935. The Balaban J connectivity index is 2.77. The molecule has 1 unspecified atom stereocenters. The molecule has 1 heterocycles. The second kappa shape index (κ2) is 4.93. The highest BCUT2D eigenvalue weighted by Gasteiger charge is 2.19. The molecule has 0 fully saturated rings. The van der Waals surface area contributed by atoms with E-state index in [0.717, 1.165) is 6.42 Å². The Hall–Kier alpha value is -1.36. The summed E-state index contributed by atoms with van der Waals surface area (Å²) in [7, 11) is 0. The third kappa shape index (κ3) is 2.56. The van der Waals surface area contributed by atoms with Gasteiger partial charge in [-0.15, -0.1) is 0 Å². The minimum absolute atomic E-state index is 0.00574. The van der Waals surface area contributed by atoms with Crippen LogP contribution in [0.25, 0.3) is 0 Å². The molecule has 0 aromatic carbocycles. The molecule has 0 aliphatic heterocycles. The summed E-state index contributed by atoms with van der Waals surface area (Å²) in [6.45, 7) is 5.88. The highest BCUT2D eigenvalue weighted by molar-refractivity contribution is 5.96. The first kappa shape index (κ1) is 11.7. The summed E-state index contributed by atoms with van der Waals surface area (Å²) in [4.78, 5) is 11.8. The van der Waals surface area contributed by atoms with Crippen molar-refractivity contribution in [3.8, 4) is 0 Å². The van der Waals surface area contributed by atoms with Crippen molar-refractivity contribution < 1.29 is 9.32 Å². The van der Waals surface area contributed by atoms with Crippen molar-refractivity contribution in [1.29, 1.82) is 0 Å². The molecule has 15 heavy (non-hydrogen) atoms. The van der Waals surface area contributed by atoms with Gasteiger partial charge in [-0.25, -0.2) is 0 Å². The normalized spacial score (nSPS) is 12.5. The number of carbonyl (C=O) groups is 1. The summed E-state index contributed by atoms with van der Waals surface area (Å²) in [6, 6.07) is 0.00574. The van der Waals surface area contributed by atoms with E-state index in [9.17, 15) is 4.79 Å². The number of nitrogens with two attached hydrogens (primary N) is 1. The van der Waals surface area contributed by atoms with Crippen molar-refractivity contribution in [3.63, 3.8) is 0 Å². The summed E-state index contributed by atoms with van der Waals surface area (Å²) >= 11 is 0. The van der Waals surface area contributed by atoms with Crippen LogP contribution in [0, 0.1) is 13.8 Å². The zero-order valence-corrected chi connectivity index (χ0v) is 9.33. The number of hydrogen-bond acceptors (Lipinski definition) is 4. The lowest BCUT2D eigenvalue weighted by Crippen LogP contribution is -2.40. The van der Waals surface area contributed by atoms with Gasteiger partial charge in [0.25, 0.3) is 5.91 Å². The number of nitrogens with zero attached hydrogens (tertiary/aromatic N) is 1. The highest BCUT2D eigenvalue weighted by atomic mass is 16.5. The van der Waals surface area contributed by atoms with Crippen molar-refractivity contribution in [2.24, 2.45) is 5.73 Å². The molecule has 5 heteroatoms. The van der Waals surface area contributed by atoms with E-state index in [1.807, 2.05) is 6.92 Å². The highest BCUT2D eigenvalue weighted by Crippen LogP contribution is 2.12. The van der Waals surface area contributed by atoms with E-state index >= 15 is 0 Å². The average Bonchev–Trinajstić information content (AvgIpc) is 2.55. The summed E-state index contributed by atoms with van der Waals surface area (Å²) in [5.74, 6) is 0.375. The van der Waals surface area contributed by atoms with E-state index in [4.69, 9.17) is 10.3 Å². The van der Waals surface area contributed by atoms with Crippen LogP contribution in [0.4, 0.5) is 0 Å². The first-order chi connectivity index (χ1) is 7.10. The molecule has 1 amide bonds. The molecule has 5 nitrogen and oxygen atoms in total. The van der Waals surface area contributed by atoms with Crippen molar-refractivity contribution in [1.82, 2.24) is 10.5 Å². The van der Waals surface area contributed by atoms with E-state index in [2.05, 4.69) is 10.5 Å². The zero-order valence-electron chi connectivity index (χ0n) is 9.33. The molecule has 0 spiro atoms. The molecule has 0 saturated heterocycles. The van der Waals surface area contributed by atoms with Gasteiger partial charge in [-0.2, -0.15) is 0 Å². The lowest BCUT2D eigenvalue weighted by Gasteiger charge is -2.13. The van der Waals surface area contributed by atoms with Crippen molar-refractivity contribution in [2.75, 3.05) is 6.54 Å². The summed E-state index contributed by atoms with van der Waals surface area (Å²) < 4.78 is 4.92. The van der Waals surface area contributed by atoms with Crippen LogP contribution in [0.15, 0.2) is 4.52 Å². The Morgan fingerprint density at radius 1 is 1.60 bits per heavy atom. The number of hydrogen-bond donors (Lipinski definition) is 2. The Kier molecular flexibility index (Phi) is 3.85. The number of aromatic nitrogens is 1. The Labute approximate surface area is 89.0 Å². The monoisotopic (exact) mass is 211 g/mol. The third-order valence-corrected chi connectivity index (χ3v) is 2.37. The molecule has 1 aromatic heterocycles. The van der Waals surface area contributed by atoms with Gasteiger partial charge in [0.05, 0.1) is 5.69 Å². The van der Waals surface area contributed by atoms with Gasteiger partial charge in [-0.3, -0.25) is 4.79 Å². The van der Waals surface area contributed by atoms with Crippen LogP contribution >= 0.6 is 0 Å². The summed E-state index contributed by atoms with van der Waals surface area (Å²) in [6.07, 6.45) is 0.811. The SMILES string of the molecule is CCC(CN)NC(=O)c1c(C)noc1C. The van der Waals surface area contributed by atoms with Crippen LogP contribution in [-0.2, 0) is 0 Å². The molecule has 3 N–H and O–H groups in total. The van der Waals surface area contributed by atoms with Gasteiger partial charge >= 0.3 is 0 Å². The van der Waals surface area contributed by atoms with Crippen molar-refractivity contribution in [2.45, 2.75) is 33.2 Å². The van der Waals surface area contributed by atoms with E-state index in [1.165, 1.54) is 0 Å². The van der Waals surface area contributed by atoms with Gasteiger partial charge in [0.15, 0.2) is 0 Å². The van der Waals surface area contributed by atoms with E-state index in [0.29, 0.717) is 23.6 Å². The average molecular weight is 211 g/mol. The van der Waals surface area contributed by atoms with Gasteiger partial charge < -0.3 is 15.6 Å². The Morgan fingerprint density at radius 2 is 2.27 bits per heavy atom. The number of nitrogens with one attached hydrogen (secondary N) is 1. The van der Waals surface area contributed by atoms with Crippen LogP contribution in [0.3, 0.4) is 0 Å². The van der Waals surface area contributed by atoms with Gasteiger partial charge in [0.1, 0.15) is 11.3 Å². The first-order valence-electron chi connectivity index (χ1n) is 5.03. The fourth-order valence-electron chi connectivity index (χ4n) is 1.39. The van der Waals surface area contributed by atoms with Gasteiger partial charge in [0.2, 0.25) is 0 Å². The molecule has 1 rings (SSSR count). The number of rotatable bonds is 4. The van der Waals surface area contributed by atoms with Gasteiger partial charge in [-0.05, 0) is 20.3 Å². The topological polar surface area (TPSA) is 81.1 Å². The Morgan fingerprint density at radius 3 is 2.67 bits per heavy atom. The smallest absolute Gasteiger partial charge is 0.257 e. The fourth-order valence-corrected chi connectivity index (χ4v) is 1.39. The molecular formula is C10H17N3O2. The molecular weight excluding hydrogens is 194 g/mol. The van der Waals surface area contributed by atoms with Crippen LogP contribution in [0.1, 0.15) is 35.2 Å². The second-order valence-corrected chi connectivity index (χ2v) is 3.51. The summed E-state index contributed by atoms with van der Waals surface area (Å²) in [5, 5.41) is 6.57. The quantitative estimate of drug-likeness (QED) is 0.770. The number of amides is 1. The predicted octanol–water partition coefficient (Wildman–Crippen LogP) is 0.759. The minimum Gasteiger partial charge on any atom is -0.361 e. The maximum atomic E-state index is 11.8. The van der Waals surface area contributed by atoms with E-state index in [1.54, 1.807) is 13.8 Å². The molecule has 0 aliphatic rings.